The van der Waals surface area contributed by atoms with Crippen molar-refractivity contribution in [1.82, 2.24) is 34.3 Å². The second-order valence-corrected chi connectivity index (χ2v) is 10.5. The number of anilines is 2. The number of alkyl halides is 3. The van der Waals surface area contributed by atoms with Crippen LogP contribution in [0.1, 0.15) is 10.4 Å². The molecule has 0 spiro atoms. The number of fused-ring (bicyclic) bond motifs is 1. The number of nitrogens with one attached hydrogen (secondary N) is 1. The Hall–Kier alpha value is -4.96. The number of amides is 1. The lowest BCUT2D eigenvalue weighted by atomic mass is 10.0. The standard InChI is InChI=1S/C29H26F5N9O2/c1-40-28(42-12-10-41(11-13-42)15-21(44)29(32,33)34)25(26(39-40)17-2-4-19(30)5-3-17)20-6-7-24-36-23(16-43(24)38-20)37-27(45)18-8-9-35-22(31)14-18/h2-9,14,16,21,44H,10-13,15H2,1H3,(H,37,45)/t21-/m0/s1. The molecule has 5 aromatic rings. The van der Waals surface area contributed by atoms with E-state index in [1.54, 1.807) is 40.9 Å². The maximum absolute atomic E-state index is 13.8. The molecule has 0 aliphatic carbocycles. The molecule has 0 radical (unpaired) electrons. The number of hydrogen-bond donors (Lipinski definition) is 2. The summed E-state index contributed by atoms with van der Waals surface area (Å²) in [7, 11) is 1.73. The summed E-state index contributed by atoms with van der Waals surface area (Å²) in [6.45, 7) is 0.701. The summed E-state index contributed by atoms with van der Waals surface area (Å²) in [5, 5.41) is 21.6. The van der Waals surface area contributed by atoms with Gasteiger partial charge >= 0.3 is 6.18 Å². The average molecular weight is 628 g/mol. The van der Waals surface area contributed by atoms with Crippen LogP contribution in [0.2, 0.25) is 0 Å². The van der Waals surface area contributed by atoms with Crippen LogP contribution in [0.4, 0.5) is 33.6 Å². The van der Waals surface area contributed by atoms with Gasteiger partial charge in [-0.15, -0.1) is 0 Å². The number of halogens is 5. The van der Waals surface area contributed by atoms with Crippen molar-refractivity contribution in [3.8, 4) is 22.5 Å². The van der Waals surface area contributed by atoms with E-state index in [0.717, 1.165) is 6.07 Å². The number of aryl methyl sites for hydroxylation is 1. The van der Waals surface area contributed by atoms with Gasteiger partial charge in [0.05, 0.1) is 17.5 Å². The quantitative estimate of drug-likeness (QED) is 0.207. The molecule has 5 heterocycles. The zero-order chi connectivity index (χ0) is 31.9. The Morgan fingerprint density at radius 3 is 2.44 bits per heavy atom. The van der Waals surface area contributed by atoms with Crippen LogP contribution < -0.4 is 10.2 Å². The first kappa shape index (κ1) is 30.1. The molecule has 1 fully saturated rings. The monoisotopic (exact) mass is 627 g/mol. The molecular weight excluding hydrogens is 601 g/mol. The molecule has 4 aromatic heterocycles. The first-order chi connectivity index (χ1) is 21.5. The van der Waals surface area contributed by atoms with E-state index in [1.165, 1.54) is 35.1 Å². The fraction of sp³-hybridized carbons (Fsp3) is 0.276. The number of carbonyl (C=O) groups is 1. The topological polar surface area (TPSA) is 117 Å². The van der Waals surface area contributed by atoms with E-state index in [1.807, 2.05) is 4.90 Å². The number of aliphatic hydroxyl groups excluding tert-OH is 1. The van der Waals surface area contributed by atoms with Gasteiger partial charge in [0.1, 0.15) is 17.3 Å². The van der Waals surface area contributed by atoms with Gasteiger partial charge in [-0.25, -0.2) is 18.9 Å². The van der Waals surface area contributed by atoms with Crippen LogP contribution in [0.3, 0.4) is 0 Å². The van der Waals surface area contributed by atoms with Crippen molar-refractivity contribution in [2.75, 3.05) is 42.9 Å². The van der Waals surface area contributed by atoms with Crippen LogP contribution in [-0.2, 0) is 7.05 Å². The van der Waals surface area contributed by atoms with Gasteiger partial charge in [0.2, 0.25) is 5.95 Å². The van der Waals surface area contributed by atoms with Gasteiger partial charge in [-0.1, -0.05) is 0 Å². The van der Waals surface area contributed by atoms with Crippen LogP contribution >= 0.6 is 0 Å². The number of nitrogens with zero attached hydrogens (tertiary/aromatic N) is 8. The van der Waals surface area contributed by atoms with Crippen LogP contribution in [-0.4, -0.2) is 90.3 Å². The average Bonchev–Trinajstić information content (AvgIpc) is 3.57. The highest BCUT2D eigenvalue weighted by molar-refractivity contribution is 6.03. The van der Waals surface area contributed by atoms with Crippen molar-refractivity contribution in [3.05, 3.63) is 78.3 Å². The Morgan fingerprint density at radius 2 is 1.76 bits per heavy atom. The second kappa shape index (κ2) is 11.9. The Balaban J connectivity index is 1.33. The first-order valence-corrected chi connectivity index (χ1v) is 13.8. The first-order valence-electron chi connectivity index (χ1n) is 13.8. The van der Waals surface area contributed by atoms with E-state index < -0.39 is 36.5 Å². The summed E-state index contributed by atoms with van der Waals surface area (Å²) >= 11 is 0. The number of β-amino-alcohol motifs (C(OH)–C–C–N with tert-alkyl or cyclic N) is 1. The van der Waals surface area contributed by atoms with E-state index in [2.05, 4.69) is 15.3 Å². The summed E-state index contributed by atoms with van der Waals surface area (Å²) in [4.78, 5) is 24.0. The number of carbonyl (C=O) groups excluding carboxylic acids is 1. The minimum atomic E-state index is -4.70. The lowest BCUT2D eigenvalue weighted by Crippen LogP contribution is -2.51. The van der Waals surface area contributed by atoms with E-state index in [-0.39, 0.29) is 24.5 Å². The Labute approximate surface area is 252 Å². The minimum Gasteiger partial charge on any atom is -0.382 e. The number of rotatable bonds is 7. The lowest BCUT2D eigenvalue weighted by Gasteiger charge is -2.37. The van der Waals surface area contributed by atoms with Crippen LogP contribution in [0.25, 0.3) is 28.2 Å². The van der Waals surface area contributed by atoms with Gasteiger partial charge in [0, 0.05) is 63.2 Å². The molecule has 1 aliphatic heterocycles. The van der Waals surface area contributed by atoms with Crippen molar-refractivity contribution in [2.24, 2.45) is 7.05 Å². The highest BCUT2D eigenvalue weighted by Crippen LogP contribution is 2.39. The number of aromatic nitrogens is 6. The molecule has 1 aromatic carbocycles. The van der Waals surface area contributed by atoms with E-state index in [0.29, 0.717) is 47.1 Å². The summed E-state index contributed by atoms with van der Waals surface area (Å²) in [6, 6.07) is 11.6. The zero-order valence-corrected chi connectivity index (χ0v) is 23.7. The molecule has 11 nitrogen and oxygen atoms in total. The van der Waals surface area contributed by atoms with Crippen LogP contribution in [0, 0.1) is 11.8 Å². The fourth-order valence-corrected chi connectivity index (χ4v) is 5.22. The normalized spacial score (nSPS) is 15.0. The highest BCUT2D eigenvalue weighted by atomic mass is 19.4. The summed E-state index contributed by atoms with van der Waals surface area (Å²) in [6.07, 6.45) is -4.47. The van der Waals surface area contributed by atoms with Gasteiger partial charge < -0.3 is 15.3 Å². The Bertz CT molecular complexity index is 1850. The number of piperazine rings is 1. The fourth-order valence-electron chi connectivity index (χ4n) is 5.22. The number of imidazole rings is 1. The predicted octanol–water partition coefficient (Wildman–Crippen LogP) is 3.77. The maximum Gasteiger partial charge on any atom is 0.415 e. The second-order valence-electron chi connectivity index (χ2n) is 10.5. The molecule has 6 rings (SSSR count). The molecular formula is C29H26F5N9O2. The van der Waals surface area contributed by atoms with Gasteiger partial charge in [0.25, 0.3) is 5.91 Å². The van der Waals surface area contributed by atoms with Crippen LogP contribution in [0.5, 0.6) is 0 Å². The molecule has 1 amide bonds. The molecule has 1 aliphatic rings. The van der Waals surface area contributed by atoms with Gasteiger partial charge in [0.15, 0.2) is 17.6 Å². The Morgan fingerprint density at radius 1 is 1.02 bits per heavy atom. The zero-order valence-electron chi connectivity index (χ0n) is 23.7. The number of aliphatic hydroxyl groups is 1. The van der Waals surface area contributed by atoms with Crippen molar-refractivity contribution in [2.45, 2.75) is 12.3 Å². The molecule has 0 bridgehead atoms. The molecule has 2 N–H and O–H groups in total. The van der Waals surface area contributed by atoms with Gasteiger partial charge in [-0.2, -0.15) is 27.8 Å². The number of hydrogen-bond acceptors (Lipinski definition) is 8. The number of benzene rings is 1. The molecule has 1 saturated heterocycles. The van der Waals surface area contributed by atoms with E-state index in [4.69, 9.17) is 10.2 Å². The minimum absolute atomic E-state index is 0.0603. The maximum atomic E-state index is 13.8. The smallest absolute Gasteiger partial charge is 0.382 e. The summed E-state index contributed by atoms with van der Waals surface area (Å²) < 4.78 is 69.2. The largest absolute Gasteiger partial charge is 0.415 e. The van der Waals surface area contributed by atoms with Crippen molar-refractivity contribution >= 4 is 23.2 Å². The van der Waals surface area contributed by atoms with Crippen molar-refractivity contribution in [1.29, 1.82) is 0 Å². The van der Waals surface area contributed by atoms with Gasteiger partial charge in [-0.05, 0) is 42.5 Å². The van der Waals surface area contributed by atoms with Gasteiger partial charge in [-0.3, -0.25) is 14.4 Å². The van der Waals surface area contributed by atoms with Crippen molar-refractivity contribution < 1.29 is 31.9 Å². The van der Waals surface area contributed by atoms with E-state index in [9.17, 15) is 31.9 Å². The molecule has 0 unspecified atom stereocenters. The third-order valence-electron chi connectivity index (χ3n) is 7.42. The molecule has 1 atom stereocenters. The third kappa shape index (κ3) is 6.32. The van der Waals surface area contributed by atoms with E-state index >= 15 is 0 Å². The molecule has 16 heteroatoms. The SMILES string of the molecule is Cn1nc(-c2ccc(F)cc2)c(-c2ccc3nc(NC(=O)c4ccnc(F)c4)cn3n2)c1N1CCN(C[C@H](O)C(F)(F)F)CC1. The predicted molar refractivity (Wildman–Crippen MR) is 153 cm³/mol. The summed E-state index contributed by atoms with van der Waals surface area (Å²) in [5.74, 6) is -0.992. The van der Waals surface area contributed by atoms with Crippen LogP contribution in [0.15, 0.2) is 60.9 Å². The van der Waals surface area contributed by atoms with Crippen molar-refractivity contribution in [3.63, 3.8) is 0 Å². The molecule has 234 valence electrons. The Kier molecular flexibility index (Phi) is 7.92. The third-order valence-corrected chi connectivity index (χ3v) is 7.42. The lowest BCUT2D eigenvalue weighted by molar-refractivity contribution is -0.208. The molecule has 45 heavy (non-hydrogen) atoms. The summed E-state index contributed by atoms with van der Waals surface area (Å²) in [5.41, 5.74) is 2.64. The highest BCUT2D eigenvalue weighted by Gasteiger charge is 2.39. The number of pyridine rings is 1. The molecule has 0 saturated carbocycles.